The van der Waals surface area contributed by atoms with Crippen LogP contribution in [0.25, 0.3) is 11.7 Å². The number of amides is 1. The van der Waals surface area contributed by atoms with Crippen LogP contribution in [0.15, 0.2) is 32.5 Å². The summed E-state index contributed by atoms with van der Waals surface area (Å²) >= 11 is 1.21. The van der Waals surface area contributed by atoms with Crippen molar-refractivity contribution >= 4 is 17.7 Å². The van der Waals surface area contributed by atoms with E-state index < -0.39 is 0 Å². The molecule has 1 atom stereocenters. The third-order valence-electron chi connectivity index (χ3n) is 2.59. The van der Waals surface area contributed by atoms with Gasteiger partial charge in [-0.2, -0.15) is 0 Å². The first kappa shape index (κ1) is 14.6. The maximum Gasteiger partial charge on any atom is 0.284 e. The summed E-state index contributed by atoms with van der Waals surface area (Å²) < 4.78 is 10.6. The van der Waals surface area contributed by atoms with Crippen molar-refractivity contribution in [2.24, 2.45) is 0 Å². The fourth-order valence-corrected chi connectivity index (χ4v) is 2.29. The van der Waals surface area contributed by atoms with Crippen LogP contribution in [0.4, 0.5) is 0 Å². The van der Waals surface area contributed by atoms with Gasteiger partial charge in [-0.05, 0) is 25.5 Å². The Morgan fingerprint density at radius 3 is 3.05 bits per heavy atom. The molecule has 1 unspecified atom stereocenters. The quantitative estimate of drug-likeness (QED) is 0.791. The Morgan fingerprint density at radius 1 is 1.50 bits per heavy atom. The smallest absolute Gasteiger partial charge is 0.284 e. The van der Waals surface area contributed by atoms with Gasteiger partial charge in [0.15, 0.2) is 5.76 Å². The van der Waals surface area contributed by atoms with Gasteiger partial charge in [-0.15, -0.1) is 10.2 Å². The van der Waals surface area contributed by atoms with Gasteiger partial charge in [0, 0.05) is 6.04 Å². The Hall–Kier alpha value is -1.76. The molecule has 0 aliphatic carbocycles. The van der Waals surface area contributed by atoms with Gasteiger partial charge in [-0.25, -0.2) is 0 Å². The average molecular weight is 295 g/mol. The minimum Gasteiger partial charge on any atom is -0.459 e. The molecule has 0 radical (unpaired) electrons. The number of nitrogens with zero attached hydrogens (tertiary/aromatic N) is 2. The van der Waals surface area contributed by atoms with Crippen LogP contribution >= 0.6 is 11.8 Å². The lowest BCUT2D eigenvalue weighted by Crippen LogP contribution is -2.33. The number of carbonyl (C=O) groups is 1. The van der Waals surface area contributed by atoms with E-state index in [1.54, 1.807) is 12.1 Å². The number of carbonyl (C=O) groups excluding carboxylic acids is 1. The highest BCUT2D eigenvalue weighted by molar-refractivity contribution is 7.99. The molecule has 7 heteroatoms. The fourth-order valence-electron chi connectivity index (χ4n) is 1.72. The Morgan fingerprint density at radius 2 is 2.35 bits per heavy atom. The molecule has 0 saturated heterocycles. The van der Waals surface area contributed by atoms with Crippen molar-refractivity contribution in [1.82, 2.24) is 15.5 Å². The number of hydrogen-bond acceptors (Lipinski definition) is 6. The minimum atomic E-state index is -0.0336. The minimum absolute atomic E-state index is 0.0336. The molecule has 108 valence electrons. The Balaban J connectivity index is 1.81. The fraction of sp³-hybridized carbons (Fsp3) is 0.462. The molecule has 0 fully saturated rings. The van der Waals surface area contributed by atoms with Crippen LogP contribution in [0, 0.1) is 0 Å². The number of nitrogens with one attached hydrogen (secondary N) is 1. The van der Waals surface area contributed by atoms with Crippen molar-refractivity contribution in [2.75, 3.05) is 5.75 Å². The van der Waals surface area contributed by atoms with E-state index in [1.807, 2.05) is 6.92 Å². The van der Waals surface area contributed by atoms with Gasteiger partial charge in [0.05, 0.1) is 12.0 Å². The average Bonchev–Trinajstić information content (AvgIpc) is 3.07. The second-order valence-corrected chi connectivity index (χ2v) is 5.32. The van der Waals surface area contributed by atoms with Gasteiger partial charge in [0.2, 0.25) is 5.91 Å². The lowest BCUT2D eigenvalue weighted by Gasteiger charge is -2.11. The monoisotopic (exact) mass is 295 g/mol. The highest BCUT2D eigenvalue weighted by Gasteiger charge is 2.13. The largest absolute Gasteiger partial charge is 0.459 e. The summed E-state index contributed by atoms with van der Waals surface area (Å²) in [6, 6.07) is 3.67. The van der Waals surface area contributed by atoms with E-state index >= 15 is 0 Å². The normalized spacial score (nSPS) is 12.3. The van der Waals surface area contributed by atoms with Crippen molar-refractivity contribution in [3.63, 3.8) is 0 Å². The molecule has 0 spiro atoms. The van der Waals surface area contributed by atoms with E-state index in [-0.39, 0.29) is 17.7 Å². The Labute approximate surface area is 121 Å². The summed E-state index contributed by atoms with van der Waals surface area (Å²) in [7, 11) is 0. The van der Waals surface area contributed by atoms with Crippen molar-refractivity contribution in [3.05, 3.63) is 18.4 Å². The molecular weight excluding hydrogens is 278 g/mol. The van der Waals surface area contributed by atoms with Crippen LogP contribution in [-0.4, -0.2) is 27.9 Å². The first-order valence-corrected chi connectivity index (χ1v) is 7.47. The summed E-state index contributed by atoms with van der Waals surface area (Å²) in [6.07, 6.45) is 3.55. The van der Waals surface area contributed by atoms with Crippen LogP contribution in [-0.2, 0) is 4.79 Å². The summed E-state index contributed by atoms with van der Waals surface area (Å²) in [5, 5.41) is 11.0. The highest BCUT2D eigenvalue weighted by Crippen LogP contribution is 2.23. The molecule has 0 aliphatic rings. The second kappa shape index (κ2) is 7.14. The first-order valence-electron chi connectivity index (χ1n) is 6.48. The molecule has 2 heterocycles. The van der Waals surface area contributed by atoms with Gasteiger partial charge < -0.3 is 14.2 Å². The maximum atomic E-state index is 11.7. The van der Waals surface area contributed by atoms with Gasteiger partial charge in [0.1, 0.15) is 0 Å². The van der Waals surface area contributed by atoms with E-state index in [0.29, 0.717) is 16.9 Å². The molecule has 2 rings (SSSR count). The van der Waals surface area contributed by atoms with Gasteiger partial charge in [-0.3, -0.25) is 4.79 Å². The molecule has 0 saturated carbocycles. The molecule has 2 aromatic heterocycles. The molecular formula is C13H17N3O3S. The summed E-state index contributed by atoms with van der Waals surface area (Å²) in [6.45, 7) is 4.08. The van der Waals surface area contributed by atoms with Crippen LogP contribution in [0.3, 0.4) is 0 Å². The summed E-state index contributed by atoms with van der Waals surface area (Å²) in [5.41, 5.74) is 0. The molecule has 20 heavy (non-hydrogen) atoms. The molecule has 0 bridgehead atoms. The third kappa shape index (κ3) is 4.12. The molecule has 1 N–H and O–H groups in total. The van der Waals surface area contributed by atoms with Crippen molar-refractivity contribution in [1.29, 1.82) is 0 Å². The number of hydrogen-bond donors (Lipinski definition) is 1. The zero-order valence-corrected chi connectivity index (χ0v) is 12.3. The third-order valence-corrected chi connectivity index (χ3v) is 3.41. The Kier molecular flexibility index (Phi) is 5.23. The lowest BCUT2D eigenvalue weighted by atomic mass is 10.2. The van der Waals surface area contributed by atoms with Crippen LogP contribution < -0.4 is 5.32 Å². The second-order valence-electron chi connectivity index (χ2n) is 4.40. The van der Waals surface area contributed by atoms with Crippen LogP contribution in [0.5, 0.6) is 0 Å². The zero-order valence-electron chi connectivity index (χ0n) is 11.5. The number of aromatic nitrogens is 2. The van der Waals surface area contributed by atoms with Crippen molar-refractivity contribution < 1.29 is 13.6 Å². The van der Waals surface area contributed by atoms with E-state index in [2.05, 4.69) is 22.4 Å². The number of rotatable bonds is 7. The van der Waals surface area contributed by atoms with E-state index in [1.165, 1.54) is 18.0 Å². The van der Waals surface area contributed by atoms with Crippen molar-refractivity contribution in [3.8, 4) is 11.7 Å². The van der Waals surface area contributed by atoms with Crippen LogP contribution in [0.1, 0.15) is 26.7 Å². The molecule has 2 aromatic rings. The topological polar surface area (TPSA) is 81.2 Å². The van der Waals surface area contributed by atoms with E-state index in [9.17, 15) is 4.79 Å². The van der Waals surface area contributed by atoms with E-state index in [4.69, 9.17) is 8.83 Å². The zero-order chi connectivity index (χ0) is 14.4. The summed E-state index contributed by atoms with van der Waals surface area (Å²) in [5.74, 6) is 1.06. The van der Waals surface area contributed by atoms with Gasteiger partial charge in [0.25, 0.3) is 11.1 Å². The summed E-state index contributed by atoms with van der Waals surface area (Å²) in [4.78, 5) is 11.7. The molecule has 0 aromatic carbocycles. The Bertz CT molecular complexity index is 539. The maximum absolute atomic E-state index is 11.7. The number of thioether (sulfide) groups is 1. The predicted octanol–water partition coefficient (Wildman–Crippen LogP) is 2.73. The SMILES string of the molecule is CCCC(C)NC(=O)CSc1nnc(-c2ccco2)o1. The lowest BCUT2D eigenvalue weighted by molar-refractivity contribution is -0.119. The molecule has 1 amide bonds. The highest BCUT2D eigenvalue weighted by atomic mass is 32.2. The number of furan rings is 1. The van der Waals surface area contributed by atoms with Crippen molar-refractivity contribution in [2.45, 2.75) is 38.0 Å². The van der Waals surface area contributed by atoms with Gasteiger partial charge in [-0.1, -0.05) is 25.1 Å². The van der Waals surface area contributed by atoms with Crippen LogP contribution in [0.2, 0.25) is 0 Å². The molecule has 6 nitrogen and oxygen atoms in total. The predicted molar refractivity (Wildman–Crippen MR) is 75.2 cm³/mol. The molecule has 0 aliphatic heterocycles. The first-order chi connectivity index (χ1) is 9.69. The van der Waals surface area contributed by atoms with Gasteiger partial charge >= 0.3 is 0 Å². The van der Waals surface area contributed by atoms with E-state index in [0.717, 1.165) is 12.8 Å². The standard InChI is InChI=1S/C13H17N3O3S/c1-3-5-9(2)14-11(17)8-20-13-16-15-12(19-13)10-6-4-7-18-10/h4,6-7,9H,3,5,8H2,1-2H3,(H,14,17).